The van der Waals surface area contributed by atoms with Crippen molar-refractivity contribution < 1.29 is 13.2 Å². The summed E-state index contributed by atoms with van der Waals surface area (Å²) in [6, 6.07) is 47.7. The summed E-state index contributed by atoms with van der Waals surface area (Å²) < 4.78 is 42.0. The molecule has 0 bridgehead atoms. The molecule has 11 rings (SSSR count). The maximum absolute atomic E-state index is 16.4. The molecule has 252 valence electrons. The monoisotopic (exact) mass is 689 g/mol. The van der Waals surface area contributed by atoms with Gasteiger partial charge < -0.3 is 18.8 Å². The second-order valence-corrected chi connectivity index (χ2v) is 14.0. The molecule has 53 heavy (non-hydrogen) atoms. The van der Waals surface area contributed by atoms with Crippen LogP contribution in [-0.4, -0.2) is 11.3 Å². The normalized spacial score (nSPS) is 13.2. The van der Waals surface area contributed by atoms with Crippen LogP contribution in [0, 0.1) is 25.5 Å². The van der Waals surface area contributed by atoms with Gasteiger partial charge in [0.05, 0.1) is 33.8 Å². The summed E-state index contributed by atoms with van der Waals surface area (Å²) in [5.74, 6) is -0.649. The van der Waals surface area contributed by atoms with Crippen LogP contribution in [0.25, 0.3) is 38.5 Å². The Morgan fingerprint density at radius 2 is 1.09 bits per heavy atom. The Kier molecular flexibility index (Phi) is 6.22. The van der Waals surface area contributed by atoms with E-state index in [0.717, 1.165) is 88.9 Å². The Morgan fingerprint density at radius 1 is 0.491 bits per heavy atom. The maximum atomic E-state index is 16.4. The Balaban J connectivity index is 1.35. The molecule has 9 aromatic rings. The van der Waals surface area contributed by atoms with Crippen LogP contribution in [0.1, 0.15) is 11.1 Å². The van der Waals surface area contributed by atoms with Crippen LogP contribution in [0.4, 0.5) is 42.9 Å². The highest BCUT2D eigenvalue weighted by molar-refractivity contribution is 7.01. The lowest BCUT2D eigenvalue weighted by molar-refractivity contribution is 0.627. The number of rotatable bonds is 3. The van der Waals surface area contributed by atoms with E-state index in [9.17, 15) is 0 Å². The Hall–Kier alpha value is -6.60. The first kappa shape index (κ1) is 30.1. The zero-order valence-electron chi connectivity index (χ0n) is 28.9. The molecule has 7 heteroatoms. The van der Waals surface area contributed by atoms with E-state index in [1.54, 1.807) is 12.1 Å². The number of anilines is 6. The molecule has 0 spiro atoms. The number of para-hydroxylation sites is 5. The minimum Gasteiger partial charge on any atom is -0.468 e. The fourth-order valence-electron chi connectivity index (χ4n) is 9.07. The number of fused-ring (bicyclic) bond motifs is 10. The van der Waals surface area contributed by atoms with Crippen LogP contribution in [0.15, 0.2) is 150 Å². The van der Waals surface area contributed by atoms with Crippen LogP contribution in [0.2, 0.25) is 0 Å². The first-order chi connectivity index (χ1) is 26.0. The molecule has 0 fully saturated rings. The molecule has 2 aliphatic rings. The fourth-order valence-corrected chi connectivity index (χ4v) is 9.07. The highest BCUT2D eigenvalue weighted by Gasteiger charge is 2.48. The van der Waals surface area contributed by atoms with E-state index in [4.69, 9.17) is 4.42 Å². The van der Waals surface area contributed by atoms with Crippen molar-refractivity contribution in [2.24, 2.45) is 0 Å². The van der Waals surface area contributed by atoms with E-state index in [1.807, 2.05) is 61.2 Å². The summed E-state index contributed by atoms with van der Waals surface area (Å²) in [7, 11) is 0. The van der Waals surface area contributed by atoms with Crippen molar-refractivity contribution in [3.63, 3.8) is 0 Å². The van der Waals surface area contributed by atoms with Crippen LogP contribution in [0.3, 0.4) is 0 Å². The standard InChI is InChI=1S/C46H30BF2N3O/c1-27-13-10-19-32(48)43(27)51-36-22-12-23-37-41(36)47(46-45(31-18-7-9-24-39(31)53-46)52(37)44-28(2)14-11-20-33(44)49)42-38(51)26-25-35-40(42)30-17-6-8-21-34(30)50(35)29-15-4-3-5-16-29/h3-26H,1-2H3. The number of nitrogens with zero attached hydrogens (tertiary/aromatic N) is 3. The Labute approximate surface area is 304 Å². The van der Waals surface area contributed by atoms with Crippen molar-refractivity contribution in [3.8, 4) is 5.69 Å². The number of furan rings is 1. The molecule has 7 aromatic carbocycles. The minimum absolute atomic E-state index is 0.319. The highest BCUT2D eigenvalue weighted by Crippen LogP contribution is 2.49. The number of hydrogen-bond donors (Lipinski definition) is 0. The third-order valence-electron chi connectivity index (χ3n) is 11.1. The zero-order chi connectivity index (χ0) is 35.5. The average Bonchev–Trinajstić information content (AvgIpc) is 3.73. The number of hydrogen-bond acceptors (Lipinski definition) is 3. The van der Waals surface area contributed by atoms with Crippen molar-refractivity contribution in [3.05, 3.63) is 168 Å². The number of benzene rings is 7. The molecule has 0 unspecified atom stereocenters. The van der Waals surface area contributed by atoms with Crippen molar-refractivity contribution >= 4 is 90.2 Å². The third kappa shape index (κ3) is 3.99. The van der Waals surface area contributed by atoms with Crippen LogP contribution in [0.5, 0.6) is 0 Å². The molecule has 0 N–H and O–H groups in total. The summed E-state index contributed by atoms with van der Waals surface area (Å²) >= 11 is 0. The van der Waals surface area contributed by atoms with Gasteiger partial charge in [0.15, 0.2) is 0 Å². The summed E-state index contributed by atoms with van der Waals surface area (Å²) in [4.78, 5) is 4.11. The molecule has 4 heterocycles. The van der Waals surface area contributed by atoms with Gasteiger partial charge in [-0.3, -0.25) is 0 Å². The van der Waals surface area contributed by atoms with Gasteiger partial charge in [0.1, 0.15) is 17.2 Å². The number of aromatic nitrogens is 1. The van der Waals surface area contributed by atoms with Gasteiger partial charge in [0.2, 0.25) is 0 Å². The summed E-state index contributed by atoms with van der Waals surface area (Å²) in [5.41, 5.74) is 12.4. The van der Waals surface area contributed by atoms with E-state index in [1.165, 1.54) is 12.1 Å². The predicted molar refractivity (Wildman–Crippen MR) is 214 cm³/mol. The van der Waals surface area contributed by atoms with Gasteiger partial charge >= 0.3 is 0 Å². The molecule has 0 aliphatic carbocycles. The maximum Gasteiger partial charge on any atom is 0.297 e. The van der Waals surface area contributed by atoms with Gasteiger partial charge in [-0.25, -0.2) is 8.78 Å². The van der Waals surface area contributed by atoms with Crippen molar-refractivity contribution in [2.75, 3.05) is 9.80 Å². The Bertz CT molecular complexity index is 2940. The van der Waals surface area contributed by atoms with Crippen LogP contribution >= 0.6 is 0 Å². The lowest BCUT2D eigenvalue weighted by atomic mass is 9.35. The van der Waals surface area contributed by atoms with Gasteiger partial charge in [-0.1, -0.05) is 78.9 Å². The molecular formula is C46H30BF2N3O. The van der Waals surface area contributed by atoms with E-state index < -0.39 is 6.71 Å². The van der Waals surface area contributed by atoms with E-state index in [-0.39, 0.29) is 11.6 Å². The lowest BCUT2D eigenvalue weighted by Gasteiger charge is -2.43. The summed E-state index contributed by atoms with van der Waals surface area (Å²) in [5, 5.41) is 3.04. The first-order valence-corrected chi connectivity index (χ1v) is 17.9. The van der Waals surface area contributed by atoms with Gasteiger partial charge in [-0.2, -0.15) is 0 Å². The van der Waals surface area contributed by atoms with Crippen LogP contribution < -0.4 is 26.4 Å². The number of aryl methyl sites for hydroxylation is 2. The van der Waals surface area contributed by atoms with E-state index in [0.29, 0.717) is 11.4 Å². The summed E-state index contributed by atoms with van der Waals surface area (Å²) in [6.45, 7) is 3.49. The topological polar surface area (TPSA) is 24.6 Å². The second-order valence-electron chi connectivity index (χ2n) is 14.0. The highest BCUT2D eigenvalue weighted by atomic mass is 19.1. The molecule has 0 atom stereocenters. The van der Waals surface area contributed by atoms with Gasteiger partial charge in [0.25, 0.3) is 6.71 Å². The van der Waals surface area contributed by atoms with Crippen molar-refractivity contribution in [1.29, 1.82) is 0 Å². The molecular weight excluding hydrogens is 659 g/mol. The lowest BCUT2D eigenvalue weighted by Crippen LogP contribution is -2.61. The fraction of sp³-hybridized carbons (Fsp3) is 0.0435. The Morgan fingerprint density at radius 3 is 1.83 bits per heavy atom. The van der Waals surface area contributed by atoms with Crippen LogP contribution in [-0.2, 0) is 0 Å². The largest absolute Gasteiger partial charge is 0.468 e. The molecule has 0 amide bonds. The van der Waals surface area contributed by atoms with Crippen molar-refractivity contribution in [2.45, 2.75) is 13.8 Å². The number of halogens is 2. The SMILES string of the molecule is Cc1cccc(F)c1N1c2cccc3c2B(c2oc4ccccc4c2N3c2c(C)cccc2F)c2c1ccc1c2c2ccccc2n1-c1ccccc1. The smallest absolute Gasteiger partial charge is 0.297 e. The summed E-state index contributed by atoms with van der Waals surface area (Å²) in [6.07, 6.45) is 0. The quantitative estimate of drug-likeness (QED) is 0.173. The average molecular weight is 690 g/mol. The molecule has 2 aromatic heterocycles. The molecule has 0 saturated carbocycles. The second kappa shape index (κ2) is 11.0. The van der Waals surface area contributed by atoms with Gasteiger partial charge in [0, 0.05) is 38.9 Å². The third-order valence-corrected chi connectivity index (χ3v) is 11.1. The minimum atomic E-state index is -0.399. The predicted octanol–water partition coefficient (Wildman–Crippen LogP) is 10.5. The van der Waals surface area contributed by atoms with Gasteiger partial charge in [-0.15, -0.1) is 0 Å². The van der Waals surface area contributed by atoms with E-state index >= 15 is 8.78 Å². The molecule has 0 radical (unpaired) electrons. The van der Waals surface area contributed by atoms with E-state index in [2.05, 4.69) is 88.3 Å². The van der Waals surface area contributed by atoms with Gasteiger partial charge in [-0.05, 0) is 103 Å². The van der Waals surface area contributed by atoms with Crippen molar-refractivity contribution in [1.82, 2.24) is 4.57 Å². The first-order valence-electron chi connectivity index (χ1n) is 17.9. The molecule has 0 saturated heterocycles. The molecule has 4 nitrogen and oxygen atoms in total. The zero-order valence-corrected chi connectivity index (χ0v) is 28.9. The molecule has 2 aliphatic heterocycles.